The number of benzene rings is 1. The van der Waals surface area contributed by atoms with Crippen LogP contribution in [0.3, 0.4) is 0 Å². The lowest BCUT2D eigenvalue weighted by Crippen LogP contribution is -2.49. The van der Waals surface area contributed by atoms with E-state index >= 15 is 0 Å². The molecule has 24 heavy (non-hydrogen) atoms. The highest BCUT2D eigenvalue weighted by atomic mass is 19.1. The van der Waals surface area contributed by atoms with Crippen molar-refractivity contribution in [3.8, 4) is 5.75 Å². The number of halogens is 1. The molecule has 0 bridgehead atoms. The van der Waals surface area contributed by atoms with Crippen LogP contribution in [0.15, 0.2) is 24.3 Å². The second-order valence-corrected chi connectivity index (χ2v) is 6.21. The van der Waals surface area contributed by atoms with Gasteiger partial charge < -0.3 is 19.7 Å². The van der Waals surface area contributed by atoms with Crippen LogP contribution in [0.4, 0.5) is 9.18 Å². The molecule has 0 aliphatic carbocycles. The largest absolute Gasteiger partial charge is 0.488 e. The third-order valence-corrected chi connectivity index (χ3v) is 4.06. The van der Waals surface area contributed by atoms with Gasteiger partial charge in [0.25, 0.3) is 0 Å². The lowest BCUT2D eigenvalue weighted by Gasteiger charge is -2.33. The van der Waals surface area contributed by atoms with Crippen molar-refractivity contribution < 1.29 is 18.7 Å². The van der Waals surface area contributed by atoms with Crippen molar-refractivity contribution in [2.75, 3.05) is 32.9 Å². The van der Waals surface area contributed by atoms with Crippen molar-refractivity contribution in [1.29, 1.82) is 0 Å². The maximum atomic E-state index is 13.5. The first kappa shape index (κ1) is 18.5. The predicted octanol–water partition coefficient (Wildman–Crippen LogP) is 3.05. The monoisotopic (exact) mass is 338 g/mol. The molecule has 1 aliphatic heterocycles. The van der Waals surface area contributed by atoms with Gasteiger partial charge in [0.05, 0.1) is 12.6 Å². The Labute approximate surface area is 143 Å². The molecule has 1 saturated heterocycles. The lowest BCUT2D eigenvalue weighted by atomic mass is 9.99. The van der Waals surface area contributed by atoms with Crippen molar-refractivity contribution in [3.05, 3.63) is 30.1 Å². The summed E-state index contributed by atoms with van der Waals surface area (Å²) in [5, 5.41) is 2.91. The van der Waals surface area contributed by atoms with Gasteiger partial charge in [-0.15, -0.1) is 0 Å². The van der Waals surface area contributed by atoms with Crippen LogP contribution in [-0.2, 0) is 4.74 Å². The summed E-state index contributed by atoms with van der Waals surface area (Å²) in [5.74, 6) is 0.202. The van der Waals surface area contributed by atoms with Gasteiger partial charge in [0, 0.05) is 25.6 Å². The quantitative estimate of drug-likeness (QED) is 0.831. The molecule has 6 heteroatoms. The second kappa shape index (κ2) is 9.47. The van der Waals surface area contributed by atoms with Gasteiger partial charge >= 0.3 is 6.03 Å². The number of hydrogen-bond donors (Lipinski definition) is 1. The number of urea groups is 1. The van der Waals surface area contributed by atoms with Gasteiger partial charge in [0.1, 0.15) is 6.61 Å². The first-order valence-electron chi connectivity index (χ1n) is 8.60. The summed E-state index contributed by atoms with van der Waals surface area (Å²) in [6.07, 6.45) is 2.08. The molecule has 1 aliphatic rings. The molecule has 0 aromatic heterocycles. The SMILES string of the molecule is CCOC[C@@H]1CCCN(C(=O)N[C@@H](C)COc2ccccc2F)C1. The minimum Gasteiger partial charge on any atom is -0.488 e. The fraction of sp³-hybridized carbons (Fsp3) is 0.611. The Balaban J connectivity index is 1.75. The first-order chi connectivity index (χ1) is 11.6. The van der Waals surface area contributed by atoms with Gasteiger partial charge in [0.2, 0.25) is 0 Å². The number of ether oxygens (including phenoxy) is 2. The zero-order valence-corrected chi connectivity index (χ0v) is 14.5. The molecule has 5 nitrogen and oxygen atoms in total. The van der Waals surface area contributed by atoms with E-state index in [-0.39, 0.29) is 24.4 Å². The minimum atomic E-state index is -0.397. The van der Waals surface area contributed by atoms with Gasteiger partial charge in [-0.3, -0.25) is 0 Å². The maximum Gasteiger partial charge on any atom is 0.317 e. The van der Waals surface area contributed by atoms with Crippen LogP contribution in [0.2, 0.25) is 0 Å². The molecule has 0 unspecified atom stereocenters. The maximum absolute atomic E-state index is 13.5. The van der Waals surface area contributed by atoms with Crippen LogP contribution in [-0.4, -0.2) is 49.9 Å². The van der Waals surface area contributed by atoms with Crippen molar-refractivity contribution in [2.24, 2.45) is 5.92 Å². The van der Waals surface area contributed by atoms with Crippen molar-refractivity contribution in [3.63, 3.8) is 0 Å². The third-order valence-electron chi connectivity index (χ3n) is 4.06. The molecular weight excluding hydrogens is 311 g/mol. The number of nitrogens with zero attached hydrogens (tertiary/aromatic N) is 1. The Morgan fingerprint density at radius 1 is 1.46 bits per heavy atom. The number of carbonyl (C=O) groups is 1. The summed E-state index contributed by atoms with van der Waals surface area (Å²) >= 11 is 0. The summed E-state index contributed by atoms with van der Waals surface area (Å²) in [4.78, 5) is 14.2. The van der Waals surface area contributed by atoms with E-state index in [0.29, 0.717) is 25.7 Å². The van der Waals surface area contributed by atoms with Gasteiger partial charge in [-0.1, -0.05) is 12.1 Å². The summed E-state index contributed by atoms with van der Waals surface area (Å²) in [6, 6.07) is 5.96. The summed E-state index contributed by atoms with van der Waals surface area (Å²) < 4.78 is 24.4. The summed E-state index contributed by atoms with van der Waals surface area (Å²) in [6.45, 7) is 6.93. The van der Waals surface area contributed by atoms with Crippen molar-refractivity contribution in [2.45, 2.75) is 32.7 Å². The summed E-state index contributed by atoms with van der Waals surface area (Å²) in [5.41, 5.74) is 0. The molecule has 2 atom stereocenters. The molecule has 1 fully saturated rings. The second-order valence-electron chi connectivity index (χ2n) is 6.21. The van der Waals surface area contributed by atoms with Crippen molar-refractivity contribution >= 4 is 6.03 Å². The van der Waals surface area contributed by atoms with E-state index in [4.69, 9.17) is 9.47 Å². The molecule has 0 spiro atoms. The van der Waals surface area contributed by atoms with Crippen LogP contribution in [0.1, 0.15) is 26.7 Å². The van der Waals surface area contributed by atoms with E-state index in [1.807, 2.05) is 18.7 Å². The van der Waals surface area contributed by atoms with Crippen LogP contribution >= 0.6 is 0 Å². The number of carbonyl (C=O) groups excluding carboxylic acids is 1. The molecule has 2 rings (SSSR count). The Kier molecular flexibility index (Phi) is 7.31. The highest BCUT2D eigenvalue weighted by Crippen LogP contribution is 2.17. The number of piperidine rings is 1. The van der Waals surface area contributed by atoms with E-state index in [9.17, 15) is 9.18 Å². The highest BCUT2D eigenvalue weighted by molar-refractivity contribution is 5.74. The number of amides is 2. The molecule has 1 aromatic rings. The van der Waals surface area contributed by atoms with Gasteiger partial charge in [0.15, 0.2) is 11.6 Å². The fourth-order valence-electron chi connectivity index (χ4n) is 2.79. The zero-order valence-electron chi connectivity index (χ0n) is 14.5. The lowest BCUT2D eigenvalue weighted by molar-refractivity contribution is 0.0748. The van der Waals surface area contributed by atoms with E-state index < -0.39 is 5.82 Å². The molecule has 1 N–H and O–H groups in total. The normalized spacial score (nSPS) is 19.0. The Morgan fingerprint density at radius 3 is 3.00 bits per heavy atom. The van der Waals surface area contributed by atoms with Crippen LogP contribution < -0.4 is 10.1 Å². The van der Waals surface area contributed by atoms with Gasteiger partial charge in [-0.2, -0.15) is 0 Å². The minimum absolute atomic E-state index is 0.0965. The third kappa shape index (κ3) is 5.67. The number of likely N-dealkylation sites (tertiary alicyclic amines) is 1. The smallest absolute Gasteiger partial charge is 0.317 e. The average Bonchev–Trinajstić information content (AvgIpc) is 2.59. The van der Waals surface area contributed by atoms with Crippen LogP contribution in [0.5, 0.6) is 5.75 Å². The Morgan fingerprint density at radius 2 is 2.25 bits per heavy atom. The first-order valence-corrected chi connectivity index (χ1v) is 8.60. The number of para-hydroxylation sites is 1. The molecule has 0 saturated carbocycles. The molecule has 134 valence electrons. The standard InChI is InChI=1S/C18H27FN2O3/c1-3-23-13-15-7-6-10-21(11-15)18(22)20-14(2)12-24-17-9-5-4-8-16(17)19/h4-5,8-9,14-15H,3,6-7,10-13H2,1-2H3,(H,20,22)/t14-,15+/m0/s1. The average molecular weight is 338 g/mol. The van der Waals surface area contributed by atoms with Gasteiger partial charge in [-0.05, 0) is 38.8 Å². The van der Waals surface area contributed by atoms with E-state index in [1.165, 1.54) is 6.07 Å². The number of rotatable bonds is 7. The fourth-order valence-corrected chi connectivity index (χ4v) is 2.79. The highest BCUT2D eigenvalue weighted by Gasteiger charge is 2.24. The topological polar surface area (TPSA) is 50.8 Å². The Bertz CT molecular complexity index is 527. The predicted molar refractivity (Wildman–Crippen MR) is 90.7 cm³/mol. The summed E-state index contributed by atoms with van der Waals surface area (Å²) in [7, 11) is 0. The number of nitrogens with one attached hydrogen (secondary N) is 1. The molecule has 2 amide bonds. The van der Waals surface area contributed by atoms with E-state index in [0.717, 1.165) is 19.4 Å². The van der Waals surface area contributed by atoms with E-state index in [1.54, 1.807) is 18.2 Å². The molecule has 1 heterocycles. The zero-order chi connectivity index (χ0) is 17.4. The molecule has 1 aromatic carbocycles. The van der Waals surface area contributed by atoms with Gasteiger partial charge in [-0.25, -0.2) is 9.18 Å². The van der Waals surface area contributed by atoms with E-state index in [2.05, 4.69) is 5.32 Å². The molecular formula is C18H27FN2O3. The number of hydrogen-bond acceptors (Lipinski definition) is 3. The van der Waals surface area contributed by atoms with Crippen molar-refractivity contribution in [1.82, 2.24) is 10.2 Å². The Hall–Kier alpha value is -1.82. The molecule has 0 radical (unpaired) electrons. The van der Waals surface area contributed by atoms with Crippen LogP contribution in [0.25, 0.3) is 0 Å². The van der Waals surface area contributed by atoms with Crippen LogP contribution in [0, 0.1) is 11.7 Å².